The minimum absolute atomic E-state index is 0. The molecular formula is C19H22ClFN6O. The number of amides is 1. The molecule has 1 unspecified atom stereocenters. The first-order valence-electron chi connectivity index (χ1n) is 9.00. The third kappa shape index (κ3) is 3.93. The Morgan fingerprint density at radius 2 is 2.14 bits per heavy atom. The predicted octanol–water partition coefficient (Wildman–Crippen LogP) is 3.11. The van der Waals surface area contributed by atoms with Crippen LogP contribution in [0.4, 0.5) is 10.1 Å². The number of carbonyl (C=O) groups is 1. The summed E-state index contributed by atoms with van der Waals surface area (Å²) in [6, 6.07) is 8.36. The predicted molar refractivity (Wildman–Crippen MR) is 107 cm³/mol. The molecule has 0 saturated carbocycles. The Labute approximate surface area is 168 Å². The van der Waals surface area contributed by atoms with Crippen LogP contribution < -0.4 is 10.6 Å². The highest BCUT2D eigenvalue weighted by Gasteiger charge is 2.19. The lowest BCUT2D eigenvalue weighted by Crippen LogP contribution is -2.32. The summed E-state index contributed by atoms with van der Waals surface area (Å²) < 4.78 is 17.3. The second kappa shape index (κ2) is 8.53. The monoisotopic (exact) mass is 404 g/mol. The summed E-state index contributed by atoms with van der Waals surface area (Å²) in [6.45, 7) is 3.66. The highest BCUT2D eigenvalue weighted by molar-refractivity contribution is 6.03. The highest BCUT2D eigenvalue weighted by Crippen LogP contribution is 2.21. The molecule has 0 spiro atoms. The molecule has 28 heavy (non-hydrogen) atoms. The quantitative estimate of drug-likeness (QED) is 0.700. The van der Waals surface area contributed by atoms with Crippen molar-refractivity contribution in [3.63, 3.8) is 0 Å². The van der Waals surface area contributed by atoms with Gasteiger partial charge in [-0.1, -0.05) is 12.1 Å². The molecule has 0 bridgehead atoms. The van der Waals surface area contributed by atoms with Crippen molar-refractivity contribution in [2.75, 3.05) is 18.4 Å². The number of halogens is 2. The third-order valence-electron chi connectivity index (χ3n) is 4.82. The first-order valence-corrected chi connectivity index (χ1v) is 9.00. The second-order valence-electron chi connectivity index (χ2n) is 6.64. The maximum atomic E-state index is 14.0. The van der Waals surface area contributed by atoms with Gasteiger partial charge in [0.25, 0.3) is 5.91 Å². The molecule has 1 fully saturated rings. The van der Waals surface area contributed by atoms with Crippen molar-refractivity contribution in [3.8, 4) is 5.69 Å². The number of carbonyl (C=O) groups excluding carboxylic acids is 1. The molecule has 3 aromatic rings. The number of aromatic nitrogens is 4. The van der Waals surface area contributed by atoms with Gasteiger partial charge in [-0.2, -0.15) is 10.2 Å². The molecule has 9 heteroatoms. The van der Waals surface area contributed by atoms with Gasteiger partial charge >= 0.3 is 0 Å². The summed E-state index contributed by atoms with van der Waals surface area (Å²) >= 11 is 0. The Hall–Kier alpha value is -2.71. The molecule has 1 aliphatic heterocycles. The van der Waals surface area contributed by atoms with Crippen LogP contribution in [-0.2, 0) is 0 Å². The normalized spacial score (nSPS) is 16.4. The number of piperidine rings is 1. The van der Waals surface area contributed by atoms with Gasteiger partial charge in [0, 0.05) is 12.7 Å². The summed E-state index contributed by atoms with van der Waals surface area (Å²) in [7, 11) is 0. The fourth-order valence-electron chi connectivity index (χ4n) is 3.31. The second-order valence-corrected chi connectivity index (χ2v) is 6.64. The number of benzene rings is 1. The van der Waals surface area contributed by atoms with E-state index in [2.05, 4.69) is 20.8 Å². The molecule has 2 N–H and O–H groups in total. The van der Waals surface area contributed by atoms with E-state index < -0.39 is 0 Å². The fourth-order valence-corrected chi connectivity index (χ4v) is 3.31. The molecule has 2 aromatic heterocycles. The van der Waals surface area contributed by atoms with Gasteiger partial charge in [-0.3, -0.25) is 9.48 Å². The van der Waals surface area contributed by atoms with E-state index in [1.165, 1.54) is 16.9 Å². The maximum Gasteiger partial charge on any atom is 0.276 e. The third-order valence-corrected chi connectivity index (χ3v) is 4.82. The summed E-state index contributed by atoms with van der Waals surface area (Å²) in [5, 5.41) is 14.8. The van der Waals surface area contributed by atoms with Crippen LogP contribution in [0.2, 0.25) is 0 Å². The van der Waals surface area contributed by atoms with Crippen molar-refractivity contribution in [2.24, 2.45) is 0 Å². The molecule has 1 aromatic carbocycles. The van der Waals surface area contributed by atoms with Crippen LogP contribution in [0, 0.1) is 12.7 Å². The number of nitrogens with zero attached hydrogens (tertiary/aromatic N) is 4. The fraction of sp³-hybridized carbons (Fsp3) is 0.316. The molecule has 1 aliphatic rings. The van der Waals surface area contributed by atoms with Gasteiger partial charge in [0.15, 0.2) is 5.69 Å². The van der Waals surface area contributed by atoms with Crippen LogP contribution in [0.15, 0.2) is 42.7 Å². The first kappa shape index (κ1) is 20.0. The zero-order valence-electron chi connectivity index (χ0n) is 15.4. The highest BCUT2D eigenvalue weighted by atomic mass is 35.5. The lowest BCUT2D eigenvalue weighted by molar-refractivity contribution is 0.102. The van der Waals surface area contributed by atoms with Crippen molar-refractivity contribution in [2.45, 2.75) is 25.8 Å². The molecule has 0 radical (unpaired) electrons. The lowest BCUT2D eigenvalue weighted by Gasteiger charge is -2.22. The first-order chi connectivity index (χ1) is 13.1. The Kier molecular flexibility index (Phi) is 6.11. The molecule has 0 aliphatic carbocycles. The van der Waals surface area contributed by atoms with Gasteiger partial charge in [-0.05, 0) is 44.5 Å². The van der Waals surface area contributed by atoms with E-state index >= 15 is 0 Å². The Morgan fingerprint density at radius 3 is 2.89 bits per heavy atom. The van der Waals surface area contributed by atoms with Crippen molar-refractivity contribution >= 4 is 24.0 Å². The number of nitrogens with one attached hydrogen (secondary N) is 2. The minimum Gasteiger partial charge on any atom is -0.318 e. The Morgan fingerprint density at radius 1 is 1.32 bits per heavy atom. The summed E-state index contributed by atoms with van der Waals surface area (Å²) in [6.07, 6.45) is 5.49. The average Bonchev–Trinajstić information content (AvgIpc) is 3.31. The average molecular weight is 405 g/mol. The molecule has 1 atom stereocenters. The van der Waals surface area contributed by atoms with E-state index in [-0.39, 0.29) is 30.2 Å². The van der Waals surface area contributed by atoms with E-state index in [1.54, 1.807) is 31.2 Å². The summed E-state index contributed by atoms with van der Waals surface area (Å²) in [4.78, 5) is 12.6. The zero-order valence-corrected chi connectivity index (χ0v) is 16.2. The molecule has 3 heterocycles. The minimum atomic E-state index is -0.374. The topological polar surface area (TPSA) is 76.8 Å². The van der Waals surface area contributed by atoms with Crippen LogP contribution in [0.3, 0.4) is 0 Å². The van der Waals surface area contributed by atoms with E-state index in [1.807, 2.05) is 10.9 Å². The smallest absolute Gasteiger partial charge is 0.276 e. The van der Waals surface area contributed by atoms with Gasteiger partial charge in [0.2, 0.25) is 0 Å². The number of hydrogen-bond donors (Lipinski definition) is 2. The number of para-hydroxylation sites is 1. The van der Waals surface area contributed by atoms with Crippen molar-refractivity contribution in [1.29, 1.82) is 0 Å². The van der Waals surface area contributed by atoms with Crippen LogP contribution in [0.1, 0.15) is 35.1 Å². The number of anilines is 1. The van der Waals surface area contributed by atoms with Crippen LogP contribution in [0.5, 0.6) is 0 Å². The van der Waals surface area contributed by atoms with Gasteiger partial charge in [-0.25, -0.2) is 9.07 Å². The standard InChI is InChI=1S/C19H21FN6O.ClH/c1-13-17(12-22-26(13)18-7-3-2-6-15(18)20)23-19(27)16-8-10-25(24-16)14-5-4-9-21-11-14;/h2-3,6-8,10,12,14,21H,4-5,9,11H2,1H3,(H,23,27);1H. The molecule has 148 valence electrons. The van der Waals surface area contributed by atoms with Crippen LogP contribution >= 0.6 is 12.4 Å². The largest absolute Gasteiger partial charge is 0.318 e. The number of hydrogen-bond acceptors (Lipinski definition) is 4. The molecule has 1 saturated heterocycles. The molecule has 7 nitrogen and oxygen atoms in total. The SMILES string of the molecule is Cc1c(NC(=O)c2ccn(C3CCCNC3)n2)cnn1-c1ccccc1F.Cl. The van der Waals surface area contributed by atoms with Crippen molar-refractivity contribution in [1.82, 2.24) is 24.9 Å². The van der Waals surface area contributed by atoms with E-state index in [9.17, 15) is 9.18 Å². The Balaban J connectivity index is 0.00000225. The van der Waals surface area contributed by atoms with Crippen LogP contribution in [-0.4, -0.2) is 38.6 Å². The maximum absolute atomic E-state index is 14.0. The van der Waals surface area contributed by atoms with E-state index in [4.69, 9.17) is 0 Å². The van der Waals surface area contributed by atoms with Gasteiger partial charge < -0.3 is 10.6 Å². The van der Waals surface area contributed by atoms with E-state index in [0.29, 0.717) is 22.8 Å². The lowest BCUT2D eigenvalue weighted by atomic mass is 10.1. The van der Waals surface area contributed by atoms with Gasteiger partial charge in [-0.15, -0.1) is 12.4 Å². The Bertz CT molecular complexity index is 963. The molecule has 1 amide bonds. The van der Waals surface area contributed by atoms with E-state index in [0.717, 1.165) is 25.9 Å². The van der Waals surface area contributed by atoms with Gasteiger partial charge in [0.1, 0.15) is 11.5 Å². The van der Waals surface area contributed by atoms with Crippen molar-refractivity contribution < 1.29 is 9.18 Å². The van der Waals surface area contributed by atoms with Crippen LogP contribution in [0.25, 0.3) is 5.69 Å². The zero-order chi connectivity index (χ0) is 18.8. The van der Waals surface area contributed by atoms with Gasteiger partial charge in [0.05, 0.1) is 23.6 Å². The summed E-state index contributed by atoms with van der Waals surface area (Å²) in [5.74, 6) is -0.685. The summed E-state index contributed by atoms with van der Waals surface area (Å²) in [5.41, 5.74) is 1.85. The molecular weight excluding hydrogens is 383 g/mol. The van der Waals surface area contributed by atoms with Crippen molar-refractivity contribution in [3.05, 3.63) is 59.9 Å². The molecule has 4 rings (SSSR count). The number of rotatable bonds is 4.